The van der Waals surface area contributed by atoms with Crippen LogP contribution in [0.3, 0.4) is 0 Å². The van der Waals surface area contributed by atoms with E-state index in [2.05, 4.69) is 33.0 Å². The van der Waals surface area contributed by atoms with Crippen molar-refractivity contribution in [2.24, 2.45) is 5.92 Å². The van der Waals surface area contributed by atoms with E-state index in [4.69, 9.17) is 4.74 Å². The number of halogens is 1. The number of sulfonamides is 1. The summed E-state index contributed by atoms with van der Waals surface area (Å²) in [6, 6.07) is 14.7. The molecule has 1 N–H and O–H groups in total. The fraction of sp³-hybridized carbons (Fsp3) is 0.455. The highest BCUT2D eigenvalue weighted by Crippen LogP contribution is 2.35. The van der Waals surface area contributed by atoms with E-state index in [0.717, 1.165) is 11.0 Å². The third-order valence-electron chi connectivity index (χ3n) is 5.42. The molecule has 2 aromatic carbocycles. The van der Waals surface area contributed by atoms with Gasteiger partial charge >= 0.3 is 0 Å². The highest BCUT2D eigenvalue weighted by Gasteiger charge is 2.38. The Morgan fingerprint density at radius 1 is 1.27 bits per heavy atom. The van der Waals surface area contributed by atoms with Gasteiger partial charge in [0.1, 0.15) is 16.7 Å². The molecule has 8 heteroatoms. The van der Waals surface area contributed by atoms with Crippen molar-refractivity contribution in [1.29, 1.82) is 0 Å². The lowest BCUT2D eigenvalue weighted by Crippen LogP contribution is -2.49. The maximum absolute atomic E-state index is 13.3. The summed E-state index contributed by atoms with van der Waals surface area (Å²) >= 11 is 3.42. The predicted octanol–water partition coefficient (Wildman–Crippen LogP) is 3.35. The van der Waals surface area contributed by atoms with E-state index in [1.165, 1.54) is 9.87 Å². The maximum atomic E-state index is 13.3. The molecular weight excluding hydrogens is 468 g/mol. The van der Waals surface area contributed by atoms with Gasteiger partial charge in [-0.2, -0.15) is 4.31 Å². The van der Waals surface area contributed by atoms with Gasteiger partial charge in [-0.25, -0.2) is 8.42 Å². The van der Waals surface area contributed by atoms with Crippen molar-refractivity contribution in [3.63, 3.8) is 0 Å². The summed E-state index contributed by atoms with van der Waals surface area (Å²) in [5, 5.41) is 9.68. The summed E-state index contributed by atoms with van der Waals surface area (Å²) in [5.41, 5.74) is 1.21. The van der Waals surface area contributed by atoms with Gasteiger partial charge in [-0.15, -0.1) is 0 Å². The van der Waals surface area contributed by atoms with Crippen molar-refractivity contribution in [3.05, 3.63) is 58.6 Å². The van der Waals surface area contributed by atoms with Crippen LogP contribution in [0.25, 0.3) is 0 Å². The summed E-state index contributed by atoms with van der Waals surface area (Å²) in [7, 11) is -1.75. The molecule has 1 aliphatic rings. The number of aliphatic hydroxyl groups is 1. The van der Waals surface area contributed by atoms with E-state index in [1.54, 1.807) is 25.1 Å². The molecule has 0 saturated carbocycles. The molecule has 3 atom stereocenters. The Kier molecular flexibility index (Phi) is 7.57. The SMILES string of the molecule is C[C@@H]1CN([C@@H](C)CO)S(=O)(=O)c2ccc(Br)cc2O[C@H]1CN(C)Cc1ccccc1. The van der Waals surface area contributed by atoms with E-state index in [1.807, 2.05) is 32.2 Å². The van der Waals surface area contributed by atoms with Gasteiger partial charge in [-0.05, 0) is 37.7 Å². The summed E-state index contributed by atoms with van der Waals surface area (Å²) < 4.78 is 35.1. The number of nitrogens with zero attached hydrogens (tertiary/aromatic N) is 2. The number of rotatable bonds is 6. The molecule has 164 valence electrons. The van der Waals surface area contributed by atoms with Crippen molar-refractivity contribution in [2.75, 3.05) is 26.7 Å². The zero-order valence-corrected chi connectivity index (χ0v) is 19.9. The highest BCUT2D eigenvalue weighted by molar-refractivity contribution is 9.10. The Bertz CT molecular complexity index is 955. The molecule has 1 heterocycles. The smallest absolute Gasteiger partial charge is 0.247 e. The standard InChI is InChI=1S/C22H29BrN2O4S/c1-16-12-25(17(2)15-26)30(27,28)22-10-9-19(23)11-20(22)29-21(16)14-24(3)13-18-7-5-4-6-8-18/h4-11,16-17,21,26H,12-15H2,1-3H3/t16-,17+,21+/m1/s1. The van der Waals surface area contributed by atoms with Crippen LogP contribution in [0, 0.1) is 5.92 Å². The van der Waals surface area contributed by atoms with Crippen molar-refractivity contribution < 1.29 is 18.3 Å². The van der Waals surface area contributed by atoms with E-state index in [-0.39, 0.29) is 30.1 Å². The molecule has 1 aliphatic heterocycles. The first kappa shape index (κ1) is 23.2. The predicted molar refractivity (Wildman–Crippen MR) is 121 cm³/mol. The molecule has 30 heavy (non-hydrogen) atoms. The summed E-state index contributed by atoms with van der Waals surface area (Å²) in [4.78, 5) is 2.32. The fourth-order valence-corrected chi connectivity index (χ4v) is 5.85. The topological polar surface area (TPSA) is 70.1 Å². The van der Waals surface area contributed by atoms with Crippen LogP contribution in [-0.4, -0.2) is 61.6 Å². The van der Waals surface area contributed by atoms with Crippen LogP contribution in [0.2, 0.25) is 0 Å². The molecule has 0 aromatic heterocycles. The van der Waals surface area contributed by atoms with Crippen LogP contribution < -0.4 is 4.74 Å². The van der Waals surface area contributed by atoms with E-state index < -0.39 is 16.1 Å². The average molecular weight is 497 g/mol. The van der Waals surface area contributed by atoms with Crippen molar-refractivity contribution >= 4 is 26.0 Å². The van der Waals surface area contributed by atoms with Crippen molar-refractivity contribution in [2.45, 2.75) is 37.4 Å². The van der Waals surface area contributed by atoms with Crippen LogP contribution in [0.4, 0.5) is 0 Å². The van der Waals surface area contributed by atoms with E-state index in [9.17, 15) is 13.5 Å². The fourth-order valence-electron chi connectivity index (χ4n) is 3.68. The lowest BCUT2D eigenvalue weighted by atomic mass is 10.0. The Balaban J connectivity index is 1.92. The van der Waals surface area contributed by atoms with Crippen LogP contribution in [0.1, 0.15) is 19.4 Å². The molecule has 2 aromatic rings. The minimum Gasteiger partial charge on any atom is -0.487 e. The number of hydrogen-bond acceptors (Lipinski definition) is 5. The van der Waals surface area contributed by atoms with E-state index >= 15 is 0 Å². The average Bonchev–Trinajstić information content (AvgIpc) is 2.70. The molecular formula is C22H29BrN2O4S. The zero-order chi connectivity index (χ0) is 21.9. The normalized spacial score (nSPS) is 22.6. The third kappa shape index (κ3) is 5.23. The van der Waals surface area contributed by atoms with Crippen molar-refractivity contribution in [1.82, 2.24) is 9.21 Å². The van der Waals surface area contributed by atoms with Gasteiger partial charge in [0.25, 0.3) is 0 Å². The Hall–Kier alpha value is -1.45. The lowest BCUT2D eigenvalue weighted by Gasteiger charge is -2.37. The van der Waals surface area contributed by atoms with Gasteiger partial charge < -0.3 is 9.84 Å². The van der Waals surface area contributed by atoms with Gasteiger partial charge in [0.2, 0.25) is 10.0 Å². The molecule has 0 unspecified atom stereocenters. The van der Waals surface area contributed by atoms with Crippen molar-refractivity contribution in [3.8, 4) is 5.75 Å². The largest absolute Gasteiger partial charge is 0.487 e. The Morgan fingerprint density at radius 2 is 1.97 bits per heavy atom. The van der Waals surface area contributed by atoms with Gasteiger partial charge in [0, 0.05) is 36.1 Å². The van der Waals surface area contributed by atoms with Gasteiger partial charge in [0.05, 0.1) is 6.61 Å². The first-order chi connectivity index (χ1) is 14.2. The summed E-state index contributed by atoms with van der Waals surface area (Å²) in [6.45, 7) is 5.18. The first-order valence-corrected chi connectivity index (χ1v) is 12.3. The molecule has 0 fully saturated rings. The van der Waals surface area contributed by atoms with Crippen LogP contribution >= 0.6 is 15.9 Å². The zero-order valence-electron chi connectivity index (χ0n) is 17.5. The number of hydrogen-bond donors (Lipinski definition) is 1. The molecule has 6 nitrogen and oxygen atoms in total. The maximum Gasteiger partial charge on any atom is 0.247 e. The monoisotopic (exact) mass is 496 g/mol. The van der Waals surface area contributed by atoms with E-state index in [0.29, 0.717) is 12.3 Å². The number of fused-ring (bicyclic) bond motifs is 1. The Labute approximate surface area is 187 Å². The highest BCUT2D eigenvalue weighted by atomic mass is 79.9. The summed E-state index contributed by atoms with van der Waals surface area (Å²) in [6.07, 6.45) is -0.212. The molecule has 0 amide bonds. The minimum absolute atomic E-state index is 0.0703. The quantitative estimate of drug-likeness (QED) is 0.663. The molecule has 0 aliphatic carbocycles. The van der Waals surface area contributed by atoms with Gasteiger partial charge in [0.15, 0.2) is 0 Å². The molecule has 0 bridgehead atoms. The number of benzene rings is 2. The summed E-state index contributed by atoms with van der Waals surface area (Å²) in [5.74, 6) is 0.267. The number of aliphatic hydroxyl groups excluding tert-OH is 1. The molecule has 0 spiro atoms. The van der Waals surface area contributed by atoms with Crippen LogP contribution in [-0.2, 0) is 16.6 Å². The van der Waals surface area contributed by atoms with Gasteiger partial charge in [-0.3, -0.25) is 4.90 Å². The second-order valence-electron chi connectivity index (χ2n) is 8.01. The van der Waals surface area contributed by atoms with Crippen LogP contribution in [0.15, 0.2) is 57.9 Å². The second kappa shape index (κ2) is 9.78. The first-order valence-electron chi connectivity index (χ1n) is 10.0. The second-order valence-corrected chi connectivity index (χ2v) is 10.8. The molecule has 0 saturated heterocycles. The molecule has 0 radical (unpaired) electrons. The number of likely N-dealkylation sites (N-methyl/N-ethyl adjacent to an activating group) is 1. The lowest BCUT2D eigenvalue weighted by molar-refractivity contribution is 0.0733. The minimum atomic E-state index is -3.79. The molecule has 3 rings (SSSR count). The Morgan fingerprint density at radius 3 is 2.63 bits per heavy atom. The third-order valence-corrected chi connectivity index (χ3v) is 7.93. The number of ether oxygens (including phenoxy) is 1. The van der Waals surface area contributed by atoms with Crippen LogP contribution in [0.5, 0.6) is 5.75 Å². The van der Waals surface area contributed by atoms with Gasteiger partial charge in [-0.1, -0.05) is 53.2 Å².